The molecule has 4 heteroatoms. The lowest BCUT2D eigenvalue weighted by Gasteiger charge is -2.09. The molecule has 0 aliphatic heterocycles. The number of carbonyl (C=O) groups excluding carboxylic acids is 1. The maximum absolute atomic E-state index is 11.9. The predicted molar refractivity (Wildman–Crippen MR) is 84.5 cm³/mol. The van der Waals surface area contributed by atoms with E-state index in [1.54, 1.807) is 24.3 Å². The molecular formula is C16H17ClN2O. The van der Waals surface area contributed by atoms with E-state index in [2.05, 4.69) is 16.7 Å². The smallest absolute Gasteiger partial charge is 0.243 e. The van der Waals surface area contributed by atoms with E-state index >= 15 is 0 Å². The van der Waals surface area contributed by atoms with Crippen LogP contribution in [0.15, 0.2) is 42.5 Å². The first-order valence-corrected chi connectivity index (χ1v) is 6.78. The first-order chi connectivity index (χ1) is 9.52. The second-order valence-corrected chi connectivity index (χ2v) is 5.22. The van der Waals surface area contributed by atoms with Gasteiger partial charge in [0.05, 0.1) is 6.54 Å². The van der Waals surface area contributed by atoms with Crippen molar-refractivity contribution >= 4 is 28.9 Å². The van der Waals surface area contributed by atoms with Crippen molar-refractivity contribution in [2.75, 3.05) is 17.2 Å². The summed E-state index contributed by atoms with van der Waals surface area (Å²) in [5.41, 5.74) is 3.99. The summed E-state index contributed by atoms with van der Waals surface area (Å²) < 4.78 is 0. The van der Waals surface area contributed by atoms with Crippen LogP contribution < -0.4 is 10.6 Å². The summed E-state index contributed by atoms with van der Waals surface area (Å²) in [6.45, 7) is 4.28. The third kappa shape index (κ3) is 4.28. The summed E-state index contributed by atoms with van der Waals surface area (Å²) in [5, 5.41) is 6.51. The Morgan fingerprint density at radius 2 is 1.75 bits per heavy atom. The Balaban J connectivity index is 1.92. The highest BCUT2D eigenvalue weighted by atomic mass is 35.5. The average Bonchev–Trinajstić information content (AvgIpc) is 2.35. The predicted octanol–water partition coefficient (Wildman–Crippen LogP) is 4.01. The van der Waals surface area contributed by atoms with E-state index in [1.165, 1.54) is 11.1 Å². The van der Waals surface area contributed by atoms with Gasteiger partial charge >= 0.3 is 0 Å². The fourth-order valence-electron chi connectivity index (χ4n) is 2.03. The monoisotopic (exact) mass is 288 g/mol. The zero-order valence-corrected chi connectivity index (χ0v) is 12.3. The molecule has 0 fully saturated rings. The highest BCUT2D eigenvalue weighted by Gasteiger charge is 2.03. The van der Waals surface area contributed by atoms with Gasteiger partial charge in [0, 0.05) is 16.4 Å². The molecule has 1 amide bonds. The van der Waals surface area contributed by atoms with Gasteiger partial charge in [-0.15, -0.1) is 0 Å². The van der Waals surface area contributed by atoms with Gasteiger partial charge < -0.3 is 10.6 Å². The Hall–Kier alpha value is -2.00. The van der Waals surface area contributed by atoms with E-state index < -0.39 is 0 Å². The summed E-state index contributed by atoms with van der Waals surface area (Å²) in [5.74, 6) is -0.105. The van der Waals surface area contributed by atoms with Crippen LogP contribution in [0.5, 0.6) is 0 Å². The third-order valence-corrected chi connectivity index (χ3v) is 3.02. The van der Waals surface area contributed by atoms with E-state index in [0.717, 1.165) is 5.69 Å². The number of hydrogen-bond donors (Lipinski definition) is 2. The molecule has 0 radical (unpaired) electrons. The molecule has 20 heavy (non-hydrogen) atoms. The molecule has 0 aliphatic carbocycles. The molecule has 0 aliphatic rings. The molecule has 2 N–H and O–H groups in total. The molecule has 104 valence electrons. The zero-order valence-electron chi connectivity index (χ0n) is 11.5. The first kappa shape index (κ1) is 14.4. The quantitative estimate of drug-likeness (QED) is 0.892. The number of nitrogens with one attached hydrogen (secondary N) is 2. The summed E-state index contributed by atoms with van der Waals surface area (Å²) >= 11 is 5.87. The number of amides is 1. The second-order valence-electron chi connectivity index (χ2n) is 4.79. The molecule has 2 aromatic rings. The van der Waals surface area contributed by atoms with Crippen molar-refractivity contribution in [3.63, 3.8) is 0 Å². The Labute approximate surface area is 124 Å². The molecule has 0 heterocycles. The minimum atomic E-state index is -0.105. The maximum Gasteiger partial charge on any atom is 0.243 e. The lowest BCUT2D eigenvalue weighted by molar-refractivity contribution is -0.114. The Bertz CT molecular complexity index is 605. The van der Waals surface area contributed by atoms with Crippen molar-refractivity contribution < 1.29 is 4.79 Å². The van der Waals surface area contributed by atoms with E-state index in [1.807, 2.05) is 26.0 Å². The van der Waals surface area contributed by atoms with Crippen LogP contribution in [0.1, 0.15) is 11.1 Å². The van der Waals surface area contributed by atoms with Gasteiger partial charge in [-0.25, -0.2) is 0 Å². The summed E-state index contributed by atoms with van der Waals surface area (Å²) in [6.07, 6.45) is 0. The molecule has 0 spiro atoms. The van der Waals surface area contributed by atoms with Crippen molar-refractivity contribution in [2.45, 2.75) is 13.8 Å². The highest BCUT2D eigenvalue weighted by Crippen LogP contribution is 2.15. The second kappa shape index (κ2) is 6.44. The number of aryl methyl sites for hydroxylation is 2. The minimum Gasteiger partial charge on any atom is -0.376 e. The first-order valence-electron chi connectivity index (χ1n) is 6.40. The molecule has 0 aromatic heterocycles. The third-order valence-electron chi connectivity index (χ3n) is 2.78. The van der Waals surface area contributed by atoms with Crippen molar-refractivity contribution in [3.8, 4) is 0 Å². The van der Waals surface area contributed by atoms with Gasteiger partial charge in [0.1, 0.15) is 0 Å². The lowest BCUT2D eigenvalue weighted by atomic mass is 10.1. The van der Waals surface area contributed by atoms with Gasteiger partial charge in [0.2, 0.25) is 5.91 Å². The van der Waals surface area contributed by atoms with Crippen LogP contribution in [-0.2, 0) is 4.79 Å². The van der Waals surface area contributed by atoms with Crippen LogP contribution >= 0.6 is 11.6 Å². The summed E-state index contributed by atoms with van der Waals surface area (Å²) in [6, 6.07) is 13.2. The van der Waals surface area contributed by atoms with E-state index in [9.17, 15) is 4.79 Å². The van der Waals surface area contributed by atoms with Crippen LogP contribution in [0.3, 0.4) is 0 Å². The van der Waals surface area contributed by atoms with Crippen molar-refractivity contribution in [3.05, 3.63) is 58.6 Å². The van der Waals surface area contributed by atoms with Gasteiger partial charge in [-0.3, -0.25) is 4.79 Å². The number of halogens is 1. The number of hydrogen-bond acceptors (Lipinski definition) is 2. The van der Waals surface area contributed by atoms with Crippen LogP contribution in [0.4, 0.5) is 11.4 Å². The lowest BCUT2D eigenvalue weighted by Crippen LogP contribution is -2.21. The van der Waals surface area contributed by atoms with Gasteiger partial charge in [0.25, 0.3) is 0 Å². The molecular weight excluding hydrogens is 272 g/mol. The fourth-order valence-corrected chi connectivity index (χ4v) is 2.22. The number of benzene rings is 2. The van der Waals surface area contributed by atoms with Gasteiger partial charge in [-0.1, -0.05) is 23.7 Å². The van der Waals surface area contributed by atoms with E-state index in [0.29, 0.717) is 10.7 Å². The minimum absolute atomic E-state index is 0.105. The standard InChI is InChI=1S/C16H17ClN2O/c1-11-6-12(2)8-15(7-11)18-10-16(20)19-14-5-3-4-13(17)9-14/h3-9,18H,10H2,1-2H3,(H,19,20). The van der Waals surface area contributed by atoms with E-state index in [4.69, 9.17) is 11.6 Å². The van der Waals surface area contributed by atoms with Crippen LogP contribution in [0.25, 0.3) is 0 Å². The number of anilines is 2. The normalized spacial score (nSPS) is 10.2. The van der Waals surface area contributed by atoms with Crippen LogP contribution in [-0.4, -0.2) is 12.5 Å². The molecule has 2 aromatic carbocycles. The molecule has 0 saturated heterocycles. The fraction of sp³-hybridized carbons (Fsp3) is 0.188. The van der Waals surface area contributed by atoms with Crippen molar-refractivity contribution in [2.24, 2.45) is 0 Å². The van der Waals surface area contributed by atoms with Gasteiger partial charge in [0.15, 0.2) is 0 Å². The topological polar surface area (TPSA) is 41.1 Å². The molecule has 0 bridgehead atoms. The molecule has 0 unspecified atom stereocenters. The van der Waals surface area contributed by atoms with Gasteiger partial charge in [-0.2, -0.15) is 0 Å². The summed E-state index contributed by atoms with van der Waals surface area (Å²) in [4.78, 5) is 11.9. The van der Waals surface area contributed by atoms with Crippen LogP contribution in [0.2, 0.25) is 5.02 Å². The van der Waals surface area contributed by atoms with Crippen molar-refractivity contribution in [1.82, 2.24) is 0 Å². The Kier molecular flexibility index (Phi) is 4.64. The number of carbonyl (C=O) groups is 1. The average molecular weight is 289 g/mol. The number of rotatable bonds is 4. The molecule has 0 atom stereocenters. The van der Waals surface area contributed by atoms with Crippen molar-refractivity contribution in [1.29, 1.82) is 0 Å². The SMILES string of the molecule is Cc1cc(C)cc(NCC(=O)Nc2cccc(Cl)c2)c1. The maximum atomic E-state index is 11.9. The molecule has 3 nitrogen and oxygen atoms in total. The molecule has 2 rings (SSSR count). The van der Waals surface area contributed by atoms with E-state index in [-0.39, 0.29) is 12.5 Å². The summed E-state index contributed by atoms with van der Waals surface area (Å²) in [7, 11) is 0. The zero-order chi connectivity index (χ0) is 14.5. The largest absolute Gasteiger partial charge is 0.376 e. The van der Waals surface area contributed by atoms with Gasteiger partial charge in [-0.05, 0) is 55.3 Å². The molecule has 0 saturated carbocycles. The Morgan fingerprint density at radius 1 is 1.05 bits per heavy atom. The highest BCUT2D eigenvalue weighted by molar-refractivity contribution is 6.30. The Morgan fingerprint density at radius 3 is 2.40 bits per heavy atom. The van der Waals surface area contributed by atoms with Crippen LogP contribution in [0, 0.1) is 13.8 Å².